The third kappa shape index (κ3) is 3.25. The zero-order chi connectivity index (χ0) is 25.6. The topological polar surface area (TPSA) is 77.1 Å². The first-order valence-electron chi connectivity index (χ1n) is 12.2. The molecule has 4 aromatic rings. The van der Waals surface area contributed by atoms with E-state index in [0.717, 1.165) is 27.6 Å². The van der Waals surface area contributed by atoms with Crippen LogP contribution in [0.15, 0.2) is 97.1 Å². The summed E-state index contributed by atoms with van der Waals surface area (Å²) in [5.41, 5.74) is 1.66. The summed E-state index contributed by atoms with van der Waals surface area (Å²) in [4.78, 5) is 16.3. The van der Waals surface area contributed by atoms with E-state index in [0.29, 0.717) is 11.3 Å². The van der Waals surface area contributed by atoms with Crippen LogP contribution in [0.25, 0.3) is 16.8 Å². The molecule has 0 radical (unpaired) electrons. The summed E-state index contributed by atoms with van der Waals surface area (Å²) in [5, 5.41) is 23.4. The Morgan fingerprint density at radius 3 is 2.30 bits per heavy atom. The molecule has 5 heteroatoms. The number of Topliss-reactive ketones (excluding diaryl/α,β-unsaturated/α-hetero) is 1. The van der Waals surface area contributed by atoms with Crippen molar-refractivity contribution in [2.75, 3.05) is 12.0 Å². The summed E-state index contributed by atoms with van der Waals surface area (Å²) >= 11 is 0. The van der Waals surface area contributed by atoms with E-state index < -0.39 is 23.4 Å². The highest BCUT2D eigenvalue weighted by atomic mass is 16.5. The van der Waals surface area contributed by atoms with Gasteiger partial charge in [0.25, 0.3) is 0 Å². The van der Waals surface area contributed by atoms with Crippen molar-refractivity contribution in [1.29, 1.82) is 10.5 Å². The van der Waals surface area contributed by atoms with Crippen LogP contribution >= 0.6 is 0 Å². The summed E-state index contributed by atoms with van der Waals surface area (Å²) < 4.78 is 5.34. The largest absolute Gasteiger partial charge is 0.497 e. The predicted octanol–water partition coefficient (Wildman–Crippen LogP) is 6.13. The van der Waals surface area contributed by atoms with Crippen LogP contribution in [0.5, 0.6) is 5.75 Å². The van der Waals surface area contributed by atoms with Crippen LogP contribution in [-0.4, -0.2) is 25.0 Å². The number of methoxy groups -OCH3 is 1. The Kier molecular flexibility index (Phi) is 5.29. The molecule has 0 bridgehead atoms. The normalized spacial score (nSPS) is 20.9. The van der Waals surface area contributed by atoms with Gasteiger partial charge in [-0.1, -0.05) is 84.9 Å². The minimum Gasteiger partial charge on any atom is -0.497 e. The van der Waals surface area contributed by atoms with Crippen molar-refractivity contribution in [1.82, 2.24) is 0 Å². The van der Waals surface area contributed by atoms with Gasteiger partial charge in [0.1, 0.15) is 11.8 Å². The van der Waals surface area contributed by atoms with Gasteiger partial charge in [0, 0.05) is 22.7 Å². The lowest BCUT2D eigenvalue weighted by atomic mass is 9.69. The van der Waals surface area contributed by atoms with Gasteiger partial charge in [-0.3, -0.25) is 4.79 Å². The number of ketones is 1. The summed E-state index contributed by atoms with van der Waals surface area (Å²) in [6.07, 6.45) is 3.93. The number of benzene rings is 4. The second-order valence-corrected chi connectivity index (χ2v) is 9.45. The van der Waals surface area contributed by atoms with E-state index in [1.165, 1.54) is 0 Å². The molecule has 1 fully saturated rings. The van der Waals surface area contributed by atoms with Crippen molar-refractivity contribution in [3.8, 4) is 17.9 Å². The molecule has 5 nitrogen and oxygen atoms in total. The van der Waals surface area contributed by atoms with Gasteiger partial charge < -0.3 is 9.64 Å². The molecule has 2 aliphatic rings. The Morgan fingerprint density at radius 1 is 0.892 bits per heavy atom. The van der Waals surface area contributed by atoms with E-state index in [9.17, 15) is 15.3 Å². The Bertz CT molecular complexity index is 1610. The standard InChI is InChI=1S/C32H23N3O2/c1-37-24-14-11-22(12-15-24)29-30(31(36)23-8-3-2-4-9-23)35-27-17-13-21-7-5-6-10-25(21)26(27)16-18-28(35)32(29,19-33)20-34/h2-18,28-30H,1H3. The average molecular weight is 482 g/mol. The van der Waals surface area contributed by atoms with Crippen LogP contribution in [-0.2, 0) is 0 Å². The van der Waals surface area contributed by atoms with E-state index in [-0.39, 0.29) is 5.78 Å². The summed E-state index contributed by atoms with van der Waals surface area (Å²) in [6, 6.07) is 32.0. The lowest BCUT2D eigenvalue weighted by Crippen LogP contribution is -2.44. The number of carbonyl (C=O) groups is 1. The van der Waals surface area contributed by atoms with Gasteiger partial charge in [-0.2, -0.15) is 10.5 Å². The minimum absolute atomic E-state index is 0.117. The molecule has 0 aliphatic carbocycles. The highest BCUT2D eigenvalue weighted by Gasteiger charge is 2.63. The number of fused-ring (bicyclic) bond motifs is 5. The van der Waals surface area contributed by atoms with Gasteiger partial charge in [0.15, 0.2) is 11.2 Å². The first-order valence-corrected chi connectivity index (χ1v) is 12.2. The number of rotatable bonds is 4. The molecule has 0 N–H and O–H groups in total. The van der Waals surface area contributed by atoms with Crippen LogP contribution < -0.4 is 9.64 Å². The molecule has 37 heavy (non-hydrogen) atoms. The van der Waals surface area contributed by atoms with Crippen molar-refractivity contribution in [3.63, 3.8) is 0 Å². The van der Waals surface area contributed by atoms with Crippen LogP contribution in [0.1, 0.15) is 27.4 Å². The van der Waals surface area contributed by atoms with Crippen LogP contribution in [0, 0.1) is 28.1 Å². The van der Waals surface area contributed by atoms with Crippen molar-refractivity contribution in [3.05, 3.63) is 114 Å². The zero-order valence-corrected chi connectivity index (χ0v) is 20.2. The quantitative estimate of drug-likeness (QED) is 0.328. The molecule has 1 saturated heterocycles. The summed E-state index contributed by atoms with van der Waals surface area (Å²) in [5.74, 6) is -0.136. The second kappa shape index (κ2) is 8.66. The highest BCUT2D eigenvalue weighted by molar-refractivity contribution is 6.06. The van der Waals surface area contributed by atoms with Crippen molar-refractivity contribution in [2.45, 2.75) is 18.0 Å². The van der Waals surface area contributed by atoms with Crippen molar-refractivity contribution >= 4 is 28.3 Å². The smallest absolute Gasteiger partial charge is 0.185 e. The van der Waals surface area contributed by atoms with E-state index in [4.69, 9.17) is 4.74 Å². The van der Waals surface area contributed by atoms with Gasteiger partial charge in [0.05, 0.1) is 25.3 Å². The maximum absolute atomic E-state index is 14.3. The molecule has 2 aliphatic heterocycles. The number of nitriles is 2. The van der Waals surface area contributed by atoms with Gasteiger partial charge >= 0.3 is 0 Å². The lowest BCUT2D eigenvalue weighted by Gasteiger charge is -2.36. The van der Waals surface area contributed by atoms with Gasteiger partial charge in [0.2, 0.25) is 0 Å². The third-order valence-electron chi connectivity index (χ3n) is 7.72. The summed E-state index contributed by atoms with van der Waals surface area (Å²) in [7, 11) is 1.59. The first kappa shape index (κ1) is 22.6. The fraction of sp³-hybridized carbons (Fsp3) is 0.156. The number of nitrogens with zero attached hydrogens (tertiary/aromatic N) is 3. The average Bonchev–Trinajstić information content (AvgIpc) is 3.28. The molecule has 0 amide bonds. The highest BCUT2D eigenvalue weighted by Crippen LogP contribution is 2.56. The molecule has 0 aromatic heterocycles. The molecular formula is C32H23N3O2. The Labute approximate surface area is 215 Å². The number of hydrogen-bond donors (Lipinski definition) is 0. The maximum atomic E-state index is 14.3. The number of hydrogen-bond acceptors (Lipinski definition) is 5. The van der Waals surface area contributed by atoms with Gasteiger partial charge in [-0.25, -0.2) is 0 Å². The Hall–Kier alpha value is -4.87. The summed E-state index contributed by atoms with van der Waals surface area (Å²) in [6.45, 7) is 0. The molecule has 178 valence electrons. The van der Waals surface area contributed by atoms with E-state index in [2.05, 4.69) is 24.3 Å². The molecular weight excluding hydrogens is 458 g/mol. The Balaban J connectivity index is 1.63. The SMILES string of the molecule is COc1ccc(C2C(C(=O)c3ccccc3)N3c4ccc5ccccc5c4C=CC3C2(C#N)C#N)cc1. The molecule has 2 heterocycles. The van der Waals surface area contributed by atoms with Crippen LogP contribution in [0.3, 0.4) is 0 Å². The second-order valence-electron chi connectivity index (χ2n) is 9.45. The predicted molar refractivity (Wildman–Crippen MR) is 143 cm³/mol. The number of anilines is 1. The molecule has 6 rings (SSSR count). The van der Waals surface area contributed by atoms with Crippen LogP contribution in [0.4, 0.5) is 5.69 Å². The molecule has 0 spiro atoms. The van der Waals surface area contributed by atoms with E-state index >= 15 is 0 Å². The van der Waals surface area contributed by atoms with E-state index in [1.807, 2.05) is 83.8 Å². The number of carbonyl (C=O) groups excluding carboxylic acids is 1. The van der Waals surface area contributed by atoms with Crippen molar-refractivity contribution < 1.29 is 9.53 Å². The molecule has 4 aromatic carbocycles. The van der Waals surface area contributed by atoms with E-state index in [1.54, 1.807) is 19.2 Å². The molecule has 0 saturated carbocycles. The molecule has 3 unspecified atom stereocenters. The van der Waals surface area contributed by atoms with Crippen LogP contribution in [0.2, 0.25) is 0 Å². The van der Waals surface area contributed by atoms with Crippen molar-refractivity contribution in [2.24, 2.45) is 5.41 Å². The molecule has 3 atom stereocenters. The monoisotopic (exact) mass is 481 g/mol. The fourth-order valence-electron chi connectivity index (χ4n) is 6.01. The fourth-order valence-corrected chi connectivity index (χ4v) is 6.01. The van der Waals surface area contributed by atoms with Gasteiger partial charge in [-0.15, -0.1) is 0 Å². The lowest BCUT2D eigenvalue weighted by molar-refractivity contribution is 0.0951. The first-order chi connectivity index (χ1) is 18.1. The minimum atomic E-state index is -1.48. The zero-order valence-electron chi connectivity index (χ0n) is 20.2. The van der Waals surface area contributed by atoms with Gasteiger partial charge in [-0.05, 0) is 34.5 Å². The maximum Gasteiger partial charge on any atom is 0.185 e. The third-order valence-corrected chi connectivity index (χ3v) is 7.72. The Morgan fingerprint density at radius 2 is 1.59 bits per heavy atom. The number of ether oxygens (including phenoxy) is 1.